The molecule has 0 saturated heterocycles. The van der Waals surface area contributed by atoms with E-state index in [1.54, 1.807) is 4.68 Å². The molecule has 0 aliphatic rings. The third kappa shape index (κ3) is 2.40. The van der Waals surface area contributed by atoms with Crippen LogP contribution in [-0.4, -0.2) is 14.9 Å². The van der Waals surface area contributed by atoms with Crippen LogP contribution in [0.2, 0.25) is 0 Å². The lowest BCUT2D eigenvalue weighted by Crippen LogP contribution is -1.99. The minimum absolute atomic E-state index is 0.291. The fraction of sp³-hybridized carbons (Fsp3) is 0.400. The maximum atomic E-state index is 10.1. The first-order valence-electron chi connectivity index (χ1n) is 6.47. The van der Waals surface area contributed by atoms with Gasteiger partial charge in [0.25, 0.3) is 0 Å². The Kier molecular flexibility index (Phi) is 3.70. The van der Waals surface area contributed by atoms with Crippen LogP contribution in [0.1, 0.15) is 30.9 Å². The van der Waals surface area contributed by atoms with Gasteiger partial charge in [0.2, 0.25) is 5.88 Å². The van der Waals surface area contributed by atoms with Crippen LogP contribution in [-0.2, 0) is 6.54 Å². The van der Waals surface area contributed by atoms with Gasteiger partial charge in [-0.25, -0.2) is 4.68 Å². The summed E-state index contributed by atoms with van der Waals surface area (Å²) in [6, 6.07) is 8.23. The maximum absolute atomic E-state index is 10.1. The van der Waals surface area contributed by atoms with Gasteiger partial charge in [-0.05, 0) is 20.3 Å². The van der Waals surface area contributed by atoms with Gasteiger partial charge in [-0.1, -0.05) is 43.2 Å². The summed E-state index contributed by atoms with van der Waals surface area (Å²) in [7, 11) is 0. The van der Waals surface area contributed by atoms with Crippen molar-refractivity contribution in [2.24, 2.45) is 0 Å². The fourth-order valence-corrected chi connectivity index (χ4v) is 1.99. The van der Waals surface area contributed by atoms with Gasteiger partial charge in [-0.2, -0.15) is 5.10 Å². The van der Waals surface area contributed by atoms with Crippen molar-refractivity contribution in [1.29, 1.82) is 0 Å². The molecule has 2 aromatic rings. The van der Waals surface area contributed by atoms with E-state index in [4.69, 9.17) is 0 Å². The Labute approximate surface area is 108 Å². The van der Waals surface area contributed by atoms with E-state index in [9.17, 15) is 5.11 Å². The van der Waals surface area contributed by atoms with Crippen molar-refractivity contribution in [2.45, 2.75) is 40.2 Å². The first kappa shape index (κ1) is 12.7. The van der Waals surface area contributed by atoms with Crippen LogP contribution >= 0.6 is 0 Å². The van der Waals surface area contributed by atoms with Crippen molar-refractivity contribution >= 4 is 0 Å². The molecule has 3 heteroatoms. The van der Waals surface area contributed by atoms with Gasteiger partial charge < -0.3 is 5.11 Å². The average Bonchev–Trinajstić information content (AvgIpc) is 2.65. The largest absolute Gasteiger partial charge is 0.493 e. The van der Waals surface area contributed by atoms with Crippen LogP contribution < -0.4 is 0 Å². The van der Waals surface area contributed by atoms with Crippen molar-refractivity contribution in [3.8, 4) is 17.1 Å². The summed E-state index contributed by atoms with van der Waals surface area (Å²) in [5.41, 5.74) is 4.02. The van der Waals surface area contributed by atoms with E-state index in [-0.39, 0.29) is 0 Å². The number of rotatable bonds is 4. The van der Waals surface area contributed by atoms with E-state index in [0.29, 0.717) is 5.88 Å². The molecular weight excluding hydrogens is 224 g/mol. The van der Waals surface area contributed by atoms with E-state index in [0.717, 1.165) is 36.2 Å². The maximum Gasteiger partial charge on any atom is 0.212 e. The lowest BCUT2D eigenvalue weighted by molar-refractivity contribution is 0.391. The SMILES string of the molecule is CCCCn1nc(-c2ccc(C)cc2)c(C)c1O. The summed E-state index contributed by atoms with van der Waals surface area (Å²) >= 11 is 0. The predicted octanol–water partition coefficient (Wildman–Crippen LogP) is 3.67. The molecule has 0 aliphatic heterocycles. The number of aryl methyl sites for hydroxylation is 2. The third-order valence-corrected chi connectivity index (χ3v) is 3.20. The number of aromatic hydroxyl groups is 1. The molecule has 0 unspecified atom stereocenters. The molecule has 0 aliphatic carbocycles. The Hall–Kier alpha value is -1.77. The molecule has 18 heavy (non-hydrogen) atoms. The van der Waals surface area contributed by atoms with Crippen LogP contribution in [0.15, 0.2) is 24.3 Å². The van der Waals surface area contributed by atoms with Gasteiger partial charge in [0.05, 0.1) is 5.69 Å². The summed E-state index contributed by atoms with van der Waals surface area (Å²) < 4.78 is 1.70. The second-order valence-electron chi connectivity index (χ2n) is 4.74. The molecule has 0 bridgehead atoms. The molecular formula is C15H20N2O. The normalized spacial score (nSPS) is 10.8. The molecule has 96 valence electrons. The van der Waals surface area contributed by atoms with Gasteiger partial charge in [0.1, 0.15) is 0 Å². The van der Waals surface area contributed by atoms with Crippen molar-refractivity contribution in [1.82, 2.24) is 9.78 Å². The third-order valence-electron chi connectivity index (χ3n) is 3.20. The zero-order chi connectivity index (χ0) is 13.1. The molecule has 0 spiro atoms. The van der Waals surface area contributed by atoms with Crippen molar-refractivity contribution < 1.29 is 5.11 Å². The molecule has 1 aromatic heterocycles. The van der Waals surface area contributed by atoms with Gasteiger partial charge >= 0.3 is 0 Å². The molecule has 3 nitrogen and oxygen atoms in total. The summed E-state index contributed by atoms with van der Waals surface area (Å²) in [6.45, 7) is 6.89. The van der Waals surface area contributed by atoms with Gasteiger partial charge in [-0.3, -0.25) is 0 Å². The molecule has 1 aromatic carbocycles. The van der Waals surface area contributed by atoms with E-state index in [1.165, 1.54) is 5.56 Å². The Morgan fingerprint density at radius 1 is 1.17 bits per heavy atom. The molecule has 0 radical (unpaired) electrons. The lowest BCUT2D eigenvalue weighted by Gasteiger charge is -2.00. The van der Waals surface area contributed by atoms with Crippen molar-refractivity contribution in [3.05, 3.63) is 35.4 Å². The quantitative estimate of drug-likeness (QED) is 0.891. The minimum Gasteiger partial charge on any atom is -0.493 e. The second kappa shape index (κ2) is 5.25. The molecule has 1 heterocycles. The van der Waals surface area contributed by atoms with E-state index in [2.05, 4.69) is 31.1 Å². The topological polar surface area (TPSA) is 38.0 Å². The lowest BCUT2D eigenvalue weighted by atomic mass is 10.1. The van der Waals surface area contributed by atoms with Crippen LogP contribution in [0.25, 0.3) is 11.3 Å². The molecule has 0 saturated carbocycles. The first-order valence-corrected chi connectivity index (χ1v) is 6.47. The highest BCUT2D eigenvalue weighted by Crippen LogP contribution is 2.29. The molecule has 2 rings (SSSR count). The summed E-state index contributed by atoms with van der Waals surface area (Å²) in [4.78, 5) is 0. The van der Waals surface area contributed by atoms with E-state index < -0.39 is 0 Å². The fourth-order valence-electron chi connectivity index (χ4n) is 1.99. The van der Waals surface area contributed by atoms with E-state index in [1.807, 2.05) is 19.1 Å². The number of nitrogens with zero attached hydrogens (tertiary/aromatic N) is 2. The van der Waals surface area contributed by atoms with Gasteiger partial charge in [0, 0.05) is 17.7 Å². The van der Waals surface area contributed by atoms with Gasteiger partial charge in [0.15, 0.2) is 0 Å². The monoisotopic (exact) mass is 244 g/mol. The zero-order valence-electron chi connectivity index (χ0n) is 11.3. The van der Waals surface area contributed by atoms with Crippen LogP contribution in [0.3, 0.4) is 0 Å². The van der Waals surface area contributed by atoms with Crippen molar-refractivity contribution in [3.63, 3.8) is 0 Å². The summed E-state index contributed by atoms with van der Waals surface area (Å²) in [5, 5.41) is 14.6. The smallest absolute Gasteiger partial charge is 0.212 e. The Morgan fingerprint density at radius 3 is 2.44 bits per heavy atom. The second-order valence-corrected chi connectivity index (χ2v) is 4.74. The number of benzene rings is 1. The molecule has 0 amide bonds. The van der Waals surface area contributed by atoms with Crippen molar-refractivity contribution in [2.75, 3.05) is 0 Å². The zero-order valence-corrected chi connectivity index (χ0v) is 11.3. The standard InChI is InChI=1S/C15H20N2O/c1-4-5-10-17-15(18)12(3)14(16-17)13-8-6-11(2)7-9-13/h6-9,18H,4-5,10H2,1-3H3. The summed E-state index contributed by atoms with van der Waals surface area (Å²) in [6.07, 6.45) is 2.13. The highest BCUT2D eigenvalue weighted by Gasteiger charge is 2.14. The predicted molar refractivity (Wildman–Crippen MR) is 73.7 cm³/mol. The Balaban J connectivity index is 2.36. The highest BCUT2D eigenvalue weighted by atomic mass is 16.3. The molecule has 1 N–H and O–H groups in total. The number of hydrogen-bond donors (Lipinski definition) is 1. The van der Waals surface area contributed by atoms with Crippen LogP contribution in [0, 0.1) is 13.8 Å². The average molecular weight is 244 g/mol. The van der Waals surface area contributed by atoms with Crippen LogP contribution in [0.4, 0.5) is 0 Å². The van der Waals surface area contributed by atoms with Crippen LogP contribution in [0.5, 0.6) is 5.88 Å². The Bertz CT molecular complexity index is 526. The number of unbranched alkanes of at least 4 members (excludes halogenated alkanes) is 1. The number of hydrogen-bond acceptors (Lipinski definition) is 2. The first-order chi connectivity index (χ1) is 8.63. The van der Waals surface area contributed by atoms with E-state index >= 15 is 0 Å². The highest BCUT2D eigenvalue weighted by molar-refractivity contribution is 5.65. The van der Waals surface area contributed by atoms with Gasteiger partial charge in [-0.15, -0.1) is 0 Å². The minimum atomic E-state index is 0.291. The summed E-state index contributed by atoms with van der Waals surface area (Å²) in [5.74, 6) is 0.291. The molecule has 0 fully saturated rings. The number of aromatic nitrogens is 2. The Morgan fingerprint density at radius 2 is 1.83 bits per heavy atom. The molecule has 0 atom stereocenters.